The van der Waals surface area contributed by atoms with Crippen LogP contribution in [0.4, 0.5) is 0 Å². The Labute approximate surface area is 117 Å². The normalized spacial score (nSPS) is 10.7. The molecule has 0 bridgehead atoms. The molecule has 3 aromatic rings. The fourth-order valence-corrected chi connectivity index (χ4v) is 2.45. The van der Waals surface area contributed by atoms with Crippen molar-refractivity contribution in [3.05, 3.63) is 54.2 Å². The molecule has 0 aliphatic carbocycles. The third-order valence-corrected chi connectivity index (χ3v) is 3.38. The lowest BCUT2D eigenvalue weighted by atomic mass is 9.99. The molecule has 0 aliphatic heterocycles. The summed E-state index contributed by atoms with van der Waals surface area (Å²) in [4.78, 5) is 4.34. The summed E-state index contributed by atoms with van der Waals surface area (Å²) in [7, 11) is 1.58. The molecular weight excluding hydrogens is 250 g/mol. The Morgan fingerprint density at radius 3 is 2.65 bits per heavy atom. The number of phenols is 1. The number of aryl methyl sites for hydroxylation is 1. The zero-order valence-electron chi connectivity index (χ0n) is 11.4. The number of methoxy groups -OCH3 is 1. The van der Waals surface area contributed by atoms with Crippen molar-refractivity contribution in [2.24, 2.45) is 0 Å². The van der Waals surface area contributed by atoms with Crippen LogP contribution in [0.15, 0.2) is 48.7 Å². The van der Waals surface area contributed by atoms with E-state index in [-0.39, 0.29) is 5.75 Å². The van der Waals surface area contributed by atoms with Crippen molar-refractivity contribution in [2.45, 2.75) is 6.92 Å². The van der Waals surface area contributed by atoms with Crippen molar-refractivity contribution < 1.29 is 9.84 Å². The highest BCUT2D eigenvalue weighted by Crippen LogP contribution is 2.37. The number of phenolic OH excluding ortho intramolecular Hbond substituents is 1. The molecule has 0 aliphatic rings. The van der Waals surface area contributed by atoms with E-state index in [0.29, 0.717) is 5.88 Å². The van der Waals surface area contributed by atoms with Crippen LogP contribution in [0.25, 0.3) is 21.9 Å². The Bertz CT molecular complexity index is 781. The highest BCUT2D eigenvalue weighted by Gasteiger charge is 2.12. The monoisotopic (exact) mass is 265 g/mol. The van der Waals surface area contributed by atoms with Crippen LogP contribution in [-0.2, 0) is 0 Å². The maximum Gasteiger partial charge on any atom is 0.221 e. The number of hydrogen-bond donors (Lipinski definition) is 1. The molecule has 0 amide bonds. The van der Waals surface area contributed by atoms with E-state index in [4.69, 9.17) is 4.74 Å². The predicted octanol–water partition coefficient (Wildman–Crippen LogP) is 3.92. The van der Waals surface area contributed by atoms with Gasteiger partial charge < -0.3 is 9.84 Å². The van der Waals surface area contributed by atoms with E-state index in [1.165, 1.54) is 5.56 Å². The Balaban J connectivity index is 2.37. The molecule has 0 atom stereocenters. The first kappa shape index (κ1) is 12.5. The number of aromatic hydroxyl groups is 1. The lowest BCUT2D eigenvalue weighted by Crippen LogP contribution is -1.92. The molecular formula is C17H15NO2. The molecule has 1 aromatic heterocycles. The summed E-state index contributed by atoms with van der Waals surface area (Å²) < 4.78 is 5.27. The molecule has 0 spiro atoms. The average Bonchev–Trinajstić information content (AvgIpc) is 2.46. The summed E-state index contributed by atoms with van der Waals surface area (Å²) in [6, 6.07) is 13.5. The van der Waals surface area contributed by atoms with Gasteiger partial charge in [0.1, 0.15) is 5.75 Å². The lowest BCUT2D eigenvalue weighted by Gasteiger charge is -2.11. The van der Waals surface area contributed by atoms with Gasteiger partial charge in [0.2, 0.25) is 5.88 Å². The van der Waals surface area contributed by atoms with Crippen molar-refractivity contribution in [1.29, 1.82) is 0 Å². The van der Waals surface area contributed by atoms with Crippen molar-refractivity contribution in [1.82, 2.24) is 4.98 Å². The van der Waals surface area contributed by atoms with Crippen LogP contribution in [0.2, 0.25) is 0 Å². The molecule has 3 heteroatoms. The van der Waals surface area contributed by atoms with Crippen LogP contribution in [0.1, 0.15) is 5.56 Å². The number of fused-ring (bicyclic) bond motifs is 1. The summed E-state index contributed by atoms with van der Waals surface area (Å²) in [5.41, 5.74) is 3.11. The molecule has 3 rings (SSSR count). The number of nitrogens with zero attached hydrogens (tertiary/aromatic N) is 1. The van der Waals surface area contributed by atoms with E-state index in [1.54, 1.807) is 25.4 Å². The molecule has 2 aromatic carbocycles. The molecule has 0 fully saturated rings. The molecule has 3 nitrogen and oxygen atoms in total. The zero-order valence-corrected chi connectivity index (χ0v) is 11.4. The van der Waals surface area contributed by atoms with Gasteiger partial charge in [0.05, 0.1) is 7.11 Å². The van der Waals surface area contributed by atoms with Gasteiger partial charge >= 0.3 is 0 Å². The second kappa shape index (κ2) is 4.85. The largest absolute Gasteiger partial charge is 0.507 e. The molecule has 0 unspecified atom stereocenters. The van der Waals surface area contributed by atoms with Gasteiger partial charge in [0, 0.05) is 22.5 Å². The van der Waals surface area contributed by atoms with E-state index in [1.807, 2.05) is 31.2 Å². The van der Waals surface area contributed by atoms with Gasteiger partial charge in [-0.05, 0) is 24.6 Å². The first-order chi connectivity index (χ1) is 9.70. The molecule has 0 saturated heterocycles. The van der Waals surface area contributed by atoms with Crippen molar-refractivity contribution in [3.63, 3.8) is 0 Å². The number of pyridine rings is 1. The van der Waals surface area contributed by atoms with Crippen LogP contribution in [0.5, 0.6) is 11.6 Å². The van der Waals surface area contributed by atoms with Gasteiger partial charge in [-0.15, -0.1) is 0 Å². The fourth-order valence-electron chi connectivity index (χ4n) is 2.45. The van der Waals surface area contributed by atoms with Crippen LogP contribution >= 0.6 is 0 Å². The Morgan fingerprint density at radius 1 is 1.10 bits per heavy atom. The molecule has 0 radical (unpaired) electrons. The maximum absolute atomic E-state index is 10.2. The number of rotatable bonds is 2. The Hall–Kier alpha value is -2.55. The minimum atomic E-state index is 0.236. The van der Waals surface area contributed by atoms with E-state index < -0.39 is 0 Å². The maximum atomic E-state index is 10.2. The number of hydrogen-bond acceptors (Lipinski definition) is 3. The van der Waals surface area contributed by atoms with Gasteiger partial charge in [-0.2, -0.15) is 0 Å². The fraction of sp³-hybridized carbons (Fsp3) is 0.118. The Kier molecular flexibility index (Phi) is 3.03. The molecule has 100 valence electrons. The summed E-state index contributed by atoms with van der Waals surface area (Å²) in [5.74, 6) is 0.756. The second-order valence-electron chi connectivity index (χ2n) is 4.75. The SMILES string of the molecule is COc1ncc(-c2cccc(C)c2)c2c(O)cccc12. The van der Waals surface area contributed by atoms with Crippen molar-refractivity contribution in [2.75, 3.05) is 7.11 Å². The summed E-state index contributed by atoms with van der Waals surface area (Å²) in [6.45, 7) is 2.04. The molecule has 1 N–H and O–H groups in total. The lowest BCUT2D eigenvalue weighted by molar-refractivity contribution is 0.403. The van der Waals surface area contributed by atoms with Crippen LogP contribution in [-0.4, -0.2) is 17.2 Å². The van der Waals surface area contributed by atoms with E-state index >= 15 is 0 Å². The third kappa shape index (κ3) is 1.97. The summed E-state index contributed by atoms with van der Waals surface area (Å²) >= 11 is 0. The summed E-state index contributed by atoms with van der Waals surface area (Å²) in [5, 5.41) is 11.8. The molecule has 0 saturated carbocycles. The first-order valence-corrected chi connectivity index (χ1v) is 6.42. The summed E-state index contributed by atoms with van der Waals surface area (Å²) in [6.07, 6.45) is 1.75. The second-order valence-corrected chi connectivity index (χ2v) is 4.75. The minimum absolute atomic E-state index is 0.236. The predicted molar refractivity (Wildman–Crippen MR) is 80.1 cm³/mol. The van der Waals surface area contributed by atoms with Crippen molar-refractivity contribution >= 4 is 10.8 Å². The van der Waals surface area contributed by atoms with Gasteiger partial charge in [0.15, 0.2) is 0 Å². The van der Waals surface area contributed by atoms with E-state index in [2.05, 4.69) is 11.1 Å². The quantitative estimate of drug-likeness (QED) is 0.763. The number of ether oxygens (including phenoxy) is 1. The van der Waals surface area contributed by atoms with Crippen LogP contribution in [0, 0.1) is 6.92 Å². The highest BCUT2D eigenvalue weighted by molar-refractivity contribution is 6.02. The van der Waals surface area contributed by atoms with Crippen LogP contribution < -0.4 is 4.74 Å². The average molecular weight is 265 g/mol. The molecule has 1 heterocycles. The topological polar surface area (TPSA) is 42.4 Å². The smallest absolute Gasteiger partial charge is 0.221 e. The van der Waals surface area contributed by atoms with Gasteiger partial charge in [0.25, 0.3) is 0 Å². The van der Waals surface area contributed by atoms with Crippen molar-refractivity contribution in [3.8, 4) is 22.8 Å². The number of aromatic nitrogens is 1. The zero-order chi connectivity index (χ0) is 14.1. The van der Waals surface area contributed by atoms with Gasteiger partial charge in [-0.1, -0.05) is 35.9 Å². The van der Waals surface area contributed by atoms with Gasteiger partial charge in [-0.3, -0.25) is 0 Å². The van der Waals surface area contributed by atoms with E-state index in [0.717, 1.165) is 21.9 Å². The highest BCUT2D eigenvalue weighted by atomic mass is 16.5. The molecule has 20 heavy (non-hydrogen) atoms. The standard InChI is InChI=1S/C17H15NO2/c1-11-5-3-6-12(9-11)14-10-18-17(20-2)13-7-4-8-15(19)16(13)14/h3-10,19H,1-2H3. The first-order valence-electron chi connectivity index (χ1n) is 6.42. The Morgan fingerprint density at radius 2 is 1.90 bits per heavy atom. The van der Waals surface area contributed by atoms with E-state index in [9.17, 15) is 5.11 Å². The van der Waals surface area contributed by atoms with Crippen LogP contribution in [0.3, 0.4) is 0 Å². The number of benzene rings is 2. The minimum Gasteiger partial charge on any atom is -0.507 e. The van der Waals surface area contributed by atoms with Gasteiger partial charge in [-0.25, -0.2) is 4.98 Å². The third-order valence-electron chi connectivity index (χ3n) is 3.38.